The van der Waals surface area contributed by atoms with Gasteiger partial charge in [-0.05, 0) is 13.0 Å². The van der Waals surface area contributed by atoms with Crippen LogP contribution in [0, 0.1) is 0 Å². The summed E-state index contributed by atoms with van der Waals surface area (Å²) in [5.41, 5.74) is 0.919. The fraction of sp³-hybridized carbons (Fsp3) is 0.462. The van der Waals surface area contributed by atoms with Crippen LogP contribution >= 0.6 is 11.3 Å². The van der Waals surface area contributed by atoms with Crippen LogP contribution in [0.25, 0.3) is 0 Å². The molecule has 6 heteroatoms. The second kappa shape index (κ2) is 5.97. The van der Waals surface area contributed by atoms with Crippen LogP contribution in [0.4, 0.5) is 0 Å². The second-order valence-electron chi connectivity index (χ2n) is 4.76. The molecule has 102 valence electrons. The van der Waals surface area contributed by atoms with Gasteiger partial charge in [0, 0.05) is 23.7 Å². The number of nitrogens with one attached hydrogen (secondary N) is 1. The third-order valence-corrected chi connectivity index (χ3v) is 3.88. The van der Waals surface area contributed by atoms with Gasteiger partial charge in [-0.15, -0.1) is 11.3 Å². The summed E-state index contributed by atoms with van der Waals surface area (Å²) in [7, 11) is 0. The van der Waals surface area contributed by atoms with Crippen molar-refractivity contribution in [1.29, 1.82) is 0 Å². The Morgan fingerprint density at radius 1 is 1.47 bits per heavy atom. The molecule has 1 N–H and O–H groups in total. The number of hydrogen-bond donors (Lipinski definition) is 1. The second-order valence-corrected chi connectivity index (χ2v) is 5.65. The van der Waals surface area contributed by atoms with Gasteiger partial charge in [-0.2, -0.15) is 5.10 Å². The van der Waals surface area contributed by atoms with Crippen molar-refractivity contribution in [3.05, 3.63) is 34.5 Å². The van der Waals surface area contributed by atoms with Gasteiger partial charge in [-0.25, -0.2) is 4.98 Å². The van der Waals surface area contributed by atoms with E-state index < -0.39 is 0 Å². The Morgan fingerprint density at radius 3 is 2.84 bits per heavy atom. The van der Waals surface area contributed by atoms with E-state index in [0.29, 0.717) is 5.92 Å². The molecule has 0 unspecified atom stereocenters. The van der Waals surface area contributed by atoms with E-state index in [1.165, 1.54) is 0 Å². The zero-order valence-electron chi connectivity index (χ0n) is 11.3. The average molecular weight is 278 g/mol. The van der Waals surface area contributed by atoms with E-state index in [0.717, 1.165) is 10.7 Å². The summed E-state index contributed by atoms with van der Waals surface area (Å²) in [5.74, 6) is 0.362. The van der Waals surface area contributed by atoms with E-state index in [9.17, 15) is 4.79 Å². The summed E-state index contributed by atoms with van der Waals surface area (Å²) < 4.78 is 1.60. The van der Waals surface area contributed by atoms with Crippen molar-refractivity contribution < 1.29 is 4.79 Å². The Hall–Kier alpha value is -1.69. The molecule has 1 amide bonds. The molecule has 0 saturated carbocycles. The predicted molar refractivity (Wildman–Crippen MR) is 75.0 cm³/mol. The predicted octanol–water partition coefficient (Wildman–Crippen LogP) is 2.34. The Labute approximate surface area is 116 Å². The molecule has 1 atom stereocenters. The summed E-state index contributed by atoms with van der Waals surface area (Å²) in [6.07, 6.45) is 3.43. The highest BCUT2D eigenvalue weighted by atomic mass is 32.1. The van der Waals surface area contributed by atoms with E-state index in [4.69, 9.17) is 0 Å². The van der Waals surface area contributed by atoms with Gasteiger partial charge < -0.3 is 5.32 Å². The lowest BCUT2D eigenvalue weighted by Crippen LogP contribution is -2.30. The van der Waals surface area contributed by atoms with Crippen molar-refractivity contribution in [2.45, 2.75) is 39.3 Å². The van der Waals surface area contributed by atoms with Crippen molar-refractivity contribution in [1.82, 2.24) is 20.1 Å². The molecule has 5 nitrogen and oxygen atoms in total. The molecule has 0 spiro atoms. The van der Waals surface area contributed by atoms with Gasteiger partial charge >= 0.3 is 0 Å². The summed E-state index contributed by atoms with van der Waals surface area (Å²) in [4.78, 5) is 16.4. The Kier molecular flexibility index (Phi) is 4.31. The molecule has 0 aromatic carbocycles. The van der Waals surface area contributed by atoms with E-state index in [1.807, 2.05) is 12.3 Å². The minimum absolute atomic E-state index is 0.0599. The molecule has 2 aromatic heterocycles. The number of carbonyl (C=O) groups is 1. The first-order valence-electron chi connectivity index (χ1n) is 6.28. The van der Waals surface area contributed by atoms with Crippen molar-refractivity contribution in [2.24, 2.45) is 0 Å². The standard InChI is InChI=1S/C13H18N4OS/c1-9(2)13-16-11(8-19-13)10(3)15-12(18)7-17-6-4-5-14-17/h4-6,8-10H,7H2,1-3H3,(H,15,18)/t10-/m1/s1. The number of thiazole rings is 1. The lowest BCUT2D eigenvalue weighted by molar-refractivity contribution is -0.122. The average Bonchev–Trinajstić information content (AvgIpc) is 2.98. The minimum Gasteiger partial charge on any atom is -0.346 e. The number of hydrogen-bond acceptors (Lipinski definition) is 4. The first kappa shape index (κ1) is 13.7. The minimum atomic E-state index is -0.0770. The highest BCUT2D eigenvalue weighted by molar-refractivity contribution is 7.09. The van der Waals surface area contributed by atoms with Gasteiger partial charge in [0.2, 0.25) is 5.91 Å². The maximum atomic E-state index is 11.8. The number of aromatic nitrogens is 3. The van der Waals surface area contributed by atoms with Crippen LogP contribution in [0.15, 0.2) is 23.8 Å². The quantitative estimate of drug-likeness (QED) is 0.913. The summed E-state index contributed by atoms with van der Waals surface area (Å²) >= 11 is 1.64. The summed E-state index contributed by atoms with van der Waals surface area (Å²) in [6, 6.07) is 1.72. The van der Waals surface area contributed by atoms with Crippen molar-refractivity contribution >= 4 is 17.2 Å². The van der Waals surface area contributed by atoms with E-state index in [-0.39, 0.29) is 18.5 Å². The zero-order chi connectivity index (χ0) is 13.8. The van der Waals surface area contributed by atoms with Gasteiger partial charge in [-0.3, -0.25) is 9.48 Å². The molecule has 0 saturated heterocycles. The normalized spacial score (nSPS) is 12.6. The van der Waals surface area contributed by atoms with Gasteiger partial charge in [0.15, 0.2) is 0 Å². The third-order valence-electron chi connectivity index (χ3n) is 2.72. The number of amides is 1. The molecule has 0 bridgehead atoms. The van der Waals surface area contributed by atoms with Crippen molar-refractivity contribution in [3.63, 3.8) is 0 Å². The maximum absolute atomic E-state index is 11.8. The molecule has 19 heavy (non-hydrogen) atoms. The smallest absolute Gasteiger partial charge is 0.242 e. The van der Waals surface area contributed by atoms with Crippen molar-refractivity contribution in [2.75, 3.05) is 0 Å². The summed E-state index contributed by atoms with van der Waals surface area (Å²) in [5, 5.41) is 10.0. The summed E-state index contributed by atoms with van der Waals surface area (Å²) in [6.45, 7) is 6.41. The molecule has 0 aliphatic heterocycles. The van der Waals surface area contributed by atoms with Gasteiger partial charge in [0.1, 0.15) is 6.54 Å². The largest absolute Gasteiger partial charge is 0.346 e. The molecule has 2 aromatic rings. The van der Waals surface area contributed by atoms with E-state index in [1.54, 1.807) is 34.5 Å². The number of nitrogens with zero attached hydrogens (tertiary/aromatic N) is 3. The lowest BCUT2D eigenvalue weighted by atomic mass is 10.2. The first-order chi connectivity index (χ1) is 9.06. The molecular weight excluding hydrogens is 260 g/mol. The van der Waals surface area contributed by atoms with Crippen LogP contribution in [-0.4, -0.2) is 20.7 Å². The Balaban J connectivity index is 1.92. The van der Waals surface area contributed by atoms with Crippen LogP contribution in [0.2, 0.25) is 0 Å². The maximum Gasteiger partial charge on any atom is 0.242 e. The third kappa shape index (κ3) is 3.64. The molecule has 0 radical (unpaired) electrons. The van der Waals surface area contributed by atoms with E-state index in [2.05, 4.69) is 29.2 Å². The highest BCUT2D eigenvalue weighted by Crippen LogP contribution is 2.22. The van der Waals surface area contributed by atoms with Gasteiger partial charge in [0.25, 0.3) is 0 Å². The number of rotatable bonds is 5. The van der Waals surface area contributed by atoms with Gasteiger partial charge in [0.05, 0.1) is 16.7 Å². The fourth-order valence-electron chi connectivity index (χ4n) is 1.67. The van der Waals surface area contributed by atoms with Crippen LogP contribution in [-0.2, 0) is 11.3 Å². The SMILES string of the molecule is CC(C)c1nc([C@@H](C)NC(=O)Cn2cccn2)cs1. The zero-order valence-corrected chi connectivity index (χ0v) is 12.1. The molecule has 0 aliphatic carbocycles. The molecule has 2 heterocycles. The Bertz CT molecular complexity index is 533. The van der Waals surface area contributed by atoms with Crippen LogP contribution in [0.3, 0.4) is 0 Å². The number of carbonyl (C=O) groups excluding carboxylic acids is 1. The molecule has 0 fully saturated rings. The van der Waals surface area contributed by atoms with Crippen molar-refractivity contribution in [3.8, 4) is 0 Å². The Morgan fingerprint density at radius 2 is 2.26 bits per heavy atom. The fourth-order valence-corrected chi connectivity index (χ4v) is 2.60. The van der Waals surface area contributed by atoms with Crippen LogP contribution in [0.5, 0.6) is 0 Å². The van der Waals surface area contributed by atoms with E-state index >= 15 is 0 Å². The van der Waals surface area contributed by atoms with Gasteiger partial charge in [-0.1, -0.05) is 13.8 Å². The topological polar surface area (TPSA) is 59.8 Å². The monoisotopic (exact) mass is 278 g/mol. The molecular formula is C13H18N4OS. The highest BCUT2D eigenvalue weighted by Gasteiger charge is 2.14. The lowest BCUT2D eigenvalue weighted by Gasteiger charge is -2.11. The first-order valence-corrected chi connectivity index (χ1v) is 7.16. The molecule has 0 aliphatic rings. The molecule has 2 rings (SSSR count). The van der Waals surface area contributed by atoms with Crippen LogP contribution in [0.1, 0.15) is 43.4 Å². The van der Waals surface area contributed by atoms with Crippen LogP contribution < -0.4 is 5.32 Å².